The van der Waals surface area contributed by atoms with Crippen molar-refractivity contribution in [1.82, 2.24) is 9.80 Å². The number of piperazine rings is 3. The molecule has 0 spiro atoms. The summed E-state index contributed by atoms with van der Waals surface area (Å²) in [6, 6.07) is 3.91. The van der Waals surface area contributed by atoms with Crippen molar-refractivity contribution in [3.8, 4) is 5.75 Å². The molecule has 20 heavy (non-hydrogen) atoms. The van der Waals surface area contributed by atoms with Gasteiger partial charge in [0.05, 0.1) is 0 Å². The fraction of sp³-hybridized carbons (Fsp3) is 0.538. The number of benzene rings is 1. The Morgan fingerprint density at radius 3 is 1.75 bits per heavy atom. The SMILES string of the molecule is C1CN2CCN1CC2.Cc1ccc(S(=O)(=O)O)c(O)c1. The zero-order valence-corrected chi connectivity index (χ0v) is 12.3. The molecular formula is C13H20N2O4S. The first-order valence-corrected chi connectivity index (χ1v) is 8.02. The lowest BCUT2D eigenvalue weighted by Gasteiger charge is -2.41. The standard InChI is InChI=1S/C7H8O4S.C6H12N2/c1-5-2-3-7(6(8)4-5)12(9,10)11;1-2-8-5-3-7(1)4-6-8/h2-4,8H,1H3,(H,9,10,11);1-6H2. The van der Waals surface area contributed by atoms with E-state index in [9.17, 15) is 8.42 Å². The highest BCUT2D eigenvalue weighted by Crippen LogP contribution is 2.22. The van der Waals surface area contributed by atoms with E-state index < -0.39 is 20.8 Å². The molecular weight excluding hydrogens is 280 g/mol. The number of aromatic hydroxyl groups is 1. The second kappa shape index (κ2) is 6.09. The lowest BCUT2D eigenvalue weighted by molar-refractivity contribution is 0.0647. The van der Waals surface area contributed by atoms with Gasteiger partial charge in [-0.15, -0.1) is 0 Å². The van der Waals surface area contributed by atoms with Crippen molar-refractivity contribution >= 4 is 10.1 Å². The lowest BCUT2D eigenvalue weighted by Crippen LogP contribution is -2.55. The largest absolute Gasteiger partial charge is 0.506 e. The van der Waals surface area contributed by atoms with Gasteiger partial charge in [0.25, 0.3) is 10.1 Å². The monoisotopic (exact) mass is 300 g/mol. The van der Waals surface area contributed by atoms with Crippen LogP contribution in [0.1, 0.15) is 5.56 Å². The van der Waals surface area contributed by atoms with Crippen molar-refractivity contribution in [3.05, 3.63) is 23.8 Å². The Bertz CT molecular complexity index is 543. The zero-order valence-electron chi connectivity index (χ0n) is 11.5. The van der Waals surface area contributed by atoms with Crippen LogP contribution in [0.3, 0.4) is 0 Å². The molecule has 0 radical (unpaired) electrons. The van der Waals surface area contributed by atoms with E-state index in [0.717, 1.165) is 11.6 Å². The number of hydrogen-bond donors (Lipinski definition) is 2. The van der Waals surface area contributed by atoms with Crippen molar-refractivity contribution in [2.75, 3.05) is 39.3 Å². The van der Waals surface area contributed by atoms with Crippen LogP contribution in [0.25, 0.3) is 0 Å². The number of phenolic OH excluding ortho intramolecular Hbond substituents is 1. The van der Waals surface area contributed by atoms with Crippen LogP contribution >= 0.6 is 0 Å². The minimum atomic E-state index is -4.30. The van der Waals surface area contributed by atoms with Gasteiger partial charge in [-0.25, -0.2) is 0 Å². The molecule has 7 heteroatoms. The van der Waals surface area contributed by atoms with E-state index in [4.69, 9.17) is 9.66 Å². The number of aryl methyl sites for hydroxylation is 1. The van der Waals surface area contributed by atoms with Crippen LogP contribution in [-0.2, 0) is 10.1 Å². The van der Waals surface area contributed by atoms with Crippen LogP contribution in [0.5, 0.6) is 5.75 Å². The second-order valence-corrected chi connectivity index (χ2v) is 6.52. The minimum absolute atomic E-state index is 0.433. The molecule has 3 fully saturated rings. The number of rotatable bonds is 1. The van der Waals surface area contributed by atoms with Gasteiger partial charge in [-0.3, -0.25) is 14.4 Å². The Balaban J connectivity index is 0.000000157. The number of nitrogens with zero attached hydrogens (tertiary/aromatic N) is 2. The van der Waals surface area contributed by atoms with Gasteiger partial charge in [0.2, 0.25) is 0 Å². The molecule has 0 unspecified atom stereocenters. The normalized spacial score (nSPS) is 24.9. The first kappa shape index (κ1) is 15.2. The quantitative estimate of drug-likeness (QED) is 0.738. The predicted molar refractivity (Wildman–Crippen MR) is 75.5 cm³/mol. The summed E-state index contributed by atoms with van der Waals surface area (Å²) in [5.41, 5.74) is 0.722. The molecule has 3 heterocycles. The van der Waals surface area contributed by atoms with E-state index in [1.165, 1.54) is 51.4 Å². The van der Waals surface area contributed by atoms with Gasteiger partial charge in [0.1, 0.15) is 10.6 Å². The Kier molecular flexibility index (Phi) is 4.64. The molecule has 1 aromatic rings. The van der Waals surface area contributed by atoms with E-state index in [2.05, 4.69) is 9.80 Å². The maximum atomic E-state index is 10.6. The summed E-state index contributed by atoms with van der Waals surface area (Å²) in [5.74, 6) is -0.433. The van der Waals surface area contributed by atoms with Crippen LogP contribution in [0, 0.1) is 6.92 Å². The Labute approximate surface area is 119 Å². The summed E-state index contributed by atoms with van der Waals surface area (Å²) in [5, 5.41) is 9.09. The van der Waals surface area contributed by atoms with Gasteiger partial charge in [-0.1, -0.05) is 6.07 Å². The highest BCUT2D eigenvalue weighted by molar-refractivity contribution is 7.86. The van der Waals surface area contributed by atoms with E-state index in [1.807, 2.05) is 0 Å². The third kappa shape index (κ3) is 3.92. The van der Waals surface area contributed by atoms with Crippen LogP contribution in [0.4, 0.5) is 0 Å². The number of fused-ring (bicyclic) bond motifs is 3. The maximum Gasteiger partial charge on any atom is 0.298 e. The predicted octanol–water partition coefficient (Wildman–Crippen LogP) is 0.565. The number of hydrogen-bond acceptors (Lipinski definition) is 5. The molecule has 0 amide bonds. The van der Waals surface area contributed by atoms with Gasteiger partial charge in [0.15, 0.2) is 0 Å². The summed E-state index contributed by atoms with van der Waals surface area (Å²) < 4.78 is 29.7. The van der Waals surface area contributed by atoms with Crippen molar-refractivity contribution in [2.24, 2.45) is 0 Å². The molecule has 2 bridgehead atoms. The summed E-state index contributed by atoms with van der Waals surface area (Å²) in [6.45, 7) is 9.62. The van der Waals surface area contributed by atoms with E-state index >= 15 is 0 Å². The van der Waals surface area contributed by atoms with E-state index in [1.54, 1.807) is 6.92 Å². The topological polar surface area (TPSA) is 81.1 Å². The molecule has 2 N–H and O–H groups in total. The molecule has 3 aliphatic rings. The molecule has 0 atom stereocenters. The van der Waals surface area contributed by atoms with E-state index in [0.29, 0.717) is 0 Å². The smallest absolute Gasteiger partial charge is 0.298 e. The Morgan fingerprint density at radius 2 is 1.45 bits per heavy atom. The van der Waals surface area contributed by atoms with Gasteiger partial charge in [-0.2, -0.15) is 8.42 Å². The van der Waals surface area contributed by atoms with Crippen LogP contribution in [0.15, 0.2) is 23.1 Å². The highest BCUT2D eigenvalue weighted by Gasteiger charge is 2.21. The fourth-order valence-electron chi connectivity index (χ4n) is 2.36. The van der Waals surface area contributed by atoms with Crippen molar-refractivity contribution in [3.63, 3.8) is 0 Å². The highest BCUT2D eigenvalue weighted by atomic mass is 32.2. The molecule has 3 saturated heterocycles. The molecule has 112 valence electrons. The molecule has 0 aliphatic carbocycles. The zero-order chi connectivity index (χ0) is 14.8. The van der Waals surface area contributed by atoms with Gasteiger partial charge < -0.3 is 5.11 Å². The summed E-state index contributed by atoms with van der Waals surface area (Å²) >= 11 is 0. The van der Waals surface area contributed by atoms with Gasteiger partial charge in [-0.05, 0) is 24.6 Å². The van der Waals surface area contributed by atoms with Crippen molar-refractivity contribution in [1.29, 1.82) is 0 Å². The third-order valence-corrected chi connectivity index (χ3v) is 4.49. The third-order valence-electron chi connectivity index (χ3n) is 3.59. The molecule has 0 aromatic heterocycles. The average molecular weight is 300 g/mol. The first-order valence-electron chi connectivity index (χ1n) is 6.58. The van der Waals surface area contributed by atoms with Crippen LogP contribution in [-0.4, -0.2) is 67.1 Å². The molecule has 4 rings (SSSR count). The lowest BCUT2D eigenvalue weighted by atomic mass is 10.2. The minimum Gasteiger partial charge on any atom is -0.506 e. The van der Waals surface area contributed by atoms with Crippen LogP contribution < -0.4 is 0 Å². The van der Waals surface area contributed by atoms with Gasteiger partial charge >= 0.3 is 0 Å². The summed E-state index contributed by atoms with van der Waals surface area (Å²) in [4.78, 5) is 4.62. The first-order chi connectivity index (χ1) is 9.36. The molecule has 0 saturated carbocycles. The fourth-order valence-corrected chi connectivity index (χ4v) is 2.93. The Hall–Kier alpha value is -1.15. The molecule has 6 nitrogen and oxygen atoms in total. The molecule has 1 aromatic carbocycles. The van der Waals surface area contributed by atoms with Crippen LogP contribution in [0.2, 0.25) is 0 Å². The van der Waals surface area contributed by atoms with E-state index in [-0.39, 0.29) is 0 Å². The average Bonchev–Trinajstić information content (AvgIpc) is 2.40. The summed E-state index contributed by atoms with van der Waals surface area (Å²) in [6.07, 6.45) is 0. The Morgan fingerprint density at radius 1 is 1.00 bits per heavy atom. The second-order valence-electron chi connectivity index (χ2n) is 5.13. The maximum absolute atomic E-state index is 10.6. The number of phenols is 1. The van der Waals surface area contributed by atoms with Crippen molar-refractivity contribution < 1.29 is 18.1 Å². The van der Waals surface area contributed by atoms with Crippen molar-refractivity contribution in [2.45, 2.75) is 11.8 Å². The summed E-state index contributed by atoms with van der Waals surface area (Å²) in [7, 11) is -4.30. The molecule has 3 aliphatic heterocycles. The van der Waals surface area contributed by atoms with Gasteiger partial charge in [0, 0.05) is 39.3 Å².